The van der Waals surface area contributed by atoms with E-state index in [4.69, 9.17) is 4.74 Å². The Bertz CT molecular complexity index is 1240. The molecule has 0 bridgehead atoms. The average Bonchev–Trinajstić information content (AvgIpc) is 2.97. The average molecular weight is 366 g/mol. The first-order chi connectivity index (χ1) is 13.0. The molecule has 7 heteroatoms. The van der Waals surface area contributed by atoms with Gasteiger partial charge in [-0.1, -0.05) is 24.3 Å². The molecule has 0 saturated heterocycles. The summed E-state index contributed by atoms with van der Waals surface area (Å²) in [6.07, 6.45) is 0. The number of benzene rings is 2. The number of para-hydroxylation sites is 1. The number of aromatic hydroxyl groups is 1. The van der Waals surface area contributed by atoms with Gasteiger partial charge in [-0.15, -0.1) is 0 Å². The highest BCUT2D eigenvalue weighted by Gasteiger charge is 2.21. The van der Waals surface area contributed by atoms with E-state index in [1.807, 2.05) is 0 Å². The molecular weight excluding hydrogens is 351 g/mol. The van der Waals surface area contributed by atoms with Gasteiger partial charge in [-0.3, -0.25) is 4.79 Å². The lowest BCUT2D eigenvalue weighted by molar-refractivity contribution is 0.0597. The standard InChI is InChI=1S/C20H15FN2O4/c1-27-20(26)15-10-17-18(24)14-4-2-3-5-16(14)23(17)22(19(15)25)11-12-6-8-13(21)9-7-12/h2-10,24H,11H2,1H3. The number of hydrogen-bond donors (Lipinski definition) is 1. The van der Waals surface area contributed by atoms with Gasteiger partial charge in [-0.05, 0) is 35.9 Å². The predicted molar refractivity (Wildman–Crippen MR) is 97.7 cm³/mol. The van der Waals surface area contributed by atoms with Gasteiger partial charge in [0.15, 0.2) is 5.75 Å². The molecule has 1 N–H and O–H groups in total. The van der Waals surface area contributed by atoms with Crippen LogP contribution in [0.5, 0.6) is 5.75 Å². The first kappa shape index (κ1) is 16.8. The van der Waals surface area contributed by atoms with Crippen LogP contribution in [0.25, 0.3) is 16.4 Å². The number of halogens is 1. The summed E-state index contributed by atoms with van der Waals surface area (Å²) in [5.74, 6) is -1.22. The first-order valence-electron chi connectivity index (χ1n) is 8.20. The van der Waals surface area contributed by atoms with Crippen molar-refractivity contribution < 1.29 is 19.0 Å². The Kier molecular flexibility index (Phi) is 3.92. The molecule has 2 heterocycles. The fourth-order valence-corrected chi connectivity index (χ4v) is 3.21. The Morgan fingerprint density at radius 3 is 2.52 bits per heavy atom. The summed E-state index contributed by atoms with van der Waals surface area (Å²) in [4.78, 5) is 25.1. The van der Waals surface area contributed by atoms with Crippen LogP contribution in [-0.2, 0) is 11.3 Å². The highest BCUT2D eigenvalue weighted by atomic mass is 19.1. The molecule has 0 atom stereocenters. The van der Waals surface area contributed by atoms with Crippen molar-refractivity contribution in [3.05, 3.63) is 81.9 Å². The van der Waals surface area contributed by atoms with Crippen LogP contribution in [0.3, 0.4) is 0 Å². The molecule has 0 unspecified atom stereocenters. The number of ether oxygens (including phenoxy) is 1. The van der Waals surface area contributed by atoms with Gasteiger partial charge < -0.3 is 9.84 Å². The topological polar surface area (TPSA) is 72.9 Å². The number of methoxy groups -OCH3 is 1. The number of aromatic nitrogens is 2. The van der Waals surface area contributed by atoms with E-state index in [1.165, 1.54) is 30.0 Å². The van der Waals surface area contributed by atoms with E-state index < -0.39 is 11.5 Å². The zero-order valence-electron chi connectivity index (χ0n) is 14.3. The second-order valence-corrected chi connectivity index (χ2v) is 6.10. The van der Waals surface area contributed by atoms with Crippen molar-refractivity contribution in [1.82, 2.24) is 9.20 Å². The van der Waals surface area contributed by atoms with E-state index in [0.29, 0.717) is 22.0 Å². The molecule has 0 radical (unpaired) electrons. The third-order valence-corrected chi connectivity index (χ3v) is 4.50. The van der Waals surface area contributed by atoms with Crippen molar-refractivity contribution in [2.75, 3.05) is 7.11 Å². The number of esters is 1. The van der Waals surface area contributed by atoms with Crippen LogP contribution < -0.4 is 5.56 Å². The van der Waals surface area contributed by atoms with Gasteiger partial charge in [-0.2, -0.15) is 0 Å². The predicted octanol–water partition coefficient (Wildman–Crippen LogP) is 2.93. The van der Waals surface area contributed by atoms with Crippen LogP contribution in [0.4, 0.5) is 4.39 Å². The largest absolute Gasteiger partial charge is 0.505 e. The normalized spacial score (nSPS) is 11.2. The van der Waals surface area contributed by atoms with Crippen molar-refractivity contribution in [2.24, 2.45) is 0 Å². The lowest BCUT2D eigenvalue weighted by atomic mass is 10.2. The minimum atomic E-state index is -0.792. The summed E-state index contributed by atoms with van der Waals surface area (Å²) >= 11 is 0. The molecule has 4 aromatic rings. The molecule has 0 aliphatic rings. The van der Waals surface area contributed by atoms with Crippen molar-refractivity contribution in [2.45, 2.75) is 6.54 Å². The molecular formula is C20H15FN2O4. The van der Waals surface area contributed by atoms with E-state index >= 15 is 0 Å². The molecule has 136 valence electrons. The quantitative estimate of drug-likeness (QED) is 0.566. The molecule has 0 saturated carbocycles. The van der Waals surface area contributed by atoms with Crippen molar-refractivity contribution in [3.8, 4) is 5.75 Å². The minimum Gasteiger partial charge on any atom is -0.505 e. The fourth-order valence-electron chi connectivity index (χ4n) is 3.21. The van der Waals surface area contributed by atoms with Crippen LogP contribution in [-0.4, -0.2) is 27.4 Å². The first-order valence-corrected chi connectivity index (χ1v) is 8.20. The van der Waals surface area contributed by atoms with E-state index in [-0.39, 0.29) is 23.7 Å². The van der Waals surface area contributed by atoms with Crippen LogP contribution in [0.15, 0.2) is 59.4 Å². The Morgan fingerprint density at radius 2 is 1.81 bits per heavy atom. The van der Waals surface area contributed by atoms with E-state index in [2.05, 4.69) is 0 Å². The SMILES string of the molecule is COC(=O)c1cc2c(O)c3ccccc3n2n(Cc2ccc(F)cc2)c1=O. The van der Waals surface area contributed by atoms with Gasteiger partial charge in [0.25, 0.3) is 5.56 Å². The van der Waals surface area contributed by atoms with Crippen LogP contribution in [0.1, 0.15) is 15.9 Å². The smallest absolute Gasteiger partial charge is 0.343 e. The second-order valence-electron chi connectivity index (χ2n) is 6.10. The van der Waals surface area contributed by atoms with Crippen LogP contribution >= 0.6 is 0 Å². The lowest BCUT2D eigenvalue weighted by Crippen LogP contribution is -2.31. The number of fused-ring (bicyclic) bond motifs is 3. The molecule has 27 heavy (non-hydrogen) atoms. The number of carbonyl (C=O) groups excluding carboxylic acids is 1. The summed E-state index contributed by atoms with van der Waals surface area (Å²) in [7, 11) is 1.19. The van der Waals surface area contributed by atoms with Crippen molar-refractivity contribution in [3.63, 3.8) is 0 Å². The molecule has 0 spiro atoms. The summed E-state index contributed by atoms with van der Waals surface area (Å²) in [5, 5.41) is 11.2. The van der Waals surface area contributed by atoms with Crippen LogP contribution in [0.2, 0.25) is 0 Å². The zero-order valence-corrected chi connectivity index (χ0v) is 14.3. The number of hydrogen-bond acceptors (Lipinski definition) is 4. The highest BCUT2D eigenvalue weighted by molar-refractivity contribution is 5.98. The van der Waals surface area contributed by atoms with Crippen molar-refractivity contribution >= 4 is 22.4 Å². The summed E-state index contributed by atoms with van der Waals surface area (Å²) in [5.41, 5.74) is 0.822. The Morgan fingerprint density at radius 1 is 1.11 bits per heavy atom. The van der Waals surface area contributed by atoms with Crippen LogP contribution in [0, 0.1) is 5.82 Å². The minimum absolute atomic E-state index is 0.0383. The molecule has 2 aromatic carbocycles. The maximum absolute atomic E-state index is 13.2. The monoisotopic (exact) mass is 366 g/mol. The highest BCUT2D eigenvalue weighted by Crippen LogP contribution is 2.32. The molecule has 4 rings (SSSR count). The van der Waals surface area contributed by atoms with E-state index in [9.17, 15) is 19.1 Å². The Labute approximate surface area is 152 Å². The molecule has 0 fully saturated rings. The molecule has 0 aliphatic carbocycles. The zero-order chi connectivity index (χ0) is 19.1. The maximum Gasteiger partial charge on any atom is 0.343 e. The summed E-state index contributed by atoms with van der Waals surface area (Å²) in [6.45, 7) is 0.0819. The third kappa shape index (κ3) is 2.64. The van der Waals surface area contributed by atoms with Gasteiger partial charge in [0, 0.05) is 5.39 Å². The van der Waals surface area contributed by atoms with Gasteiger partial charge in [0.05, 0.1) is 19.2 Å². The number of carbonyl (C=O) groups is 1. The van der Waals surface area contributed by atoms with Gasteiger partial charge in [0.2, 0.25) is 0 Å². The lowest BCUT2D eigenvalue weighted by Gasteiger charge is -2.13. The molecule has 0 amide bonds. The third-order valence-electron chi connectivity index (χ3n) is 4.50. The van der Waals surface area contributed by atoms with Gasteiger partial charge in [0.1, 0.15) is 16.9 Å². The van der Waals surface area contributed by atoms with E-state index in [1.54, 1.807) is 40.9 Å². The fraction of sp³-hybridized carbons (Fsp3) is 0.100. The van der Waals surface area contributed by atoms with Gasteiger partial charge in [-0.25, -0.2) is 18.4 Å². The summed E-state index contributed by atoms with van der Waals surface area (Å²) < 4.78 is 20.8. The second kappa shape index (κ2) is 6.28. The molecule has 6 nitrogen and oxygen atoms in total. The molecule has 2 aromatic heterocycles. The number of rotatable bonds is 3. The van der Waals surface area contributed by atoms with E-state index in [0.717, 1.165) is 0 Å². The maximum atomic E-state index is 13.2. The summed E-state index contributed by atoms with van der Waals surface area (Å²) in [6, 6.07) is 14.1. The van der Waals surface area contributed by atoms with Gasteiger partial charge >= 0.3 is 5.97 Å². The van der Waals surface area contributed by atoms with Crippen molar-refractivity contribution in [1.29, 1.82) is 0 Å². The Balaban J connectivity index is 2.08. The Hall–Kier alpha value is -3.61. The molecule has 0 aliphatic heterocycles. The number of nitrogens with zero attached hydrogens (tertiary/aromatic N) is 2.